The van der Waals surface area contributed by atoms with E-state index < -0.39 is 35.9 Å². The van der Waals surface area contributed by atoms with Gasteiger partial charge in [-0.15, -0.1) is 0 Å². The first-order chi connectivity index (χ1) is 10.5. The zero-order valence-electron chi connectivity index (χ0n) is 13.2. The second-order valence-corrected chi connectivity index (χ2v) is 7.08. The molecule has 1 unspecified atom stereocenters. The zero-order chi connectivity index (χ0) is 17.4. The Labute approximate surface area is 138 Å². The van der Waals surface area contributed by atoms with Crippen LogP contribution in [0.15, 0.2) is 18.2 Å². The van der Waals surface area contributed by atoms with Gasteiger partial charge in [0.2, 0.25) is 0 Å². The van der Waals surface area contributed by atoms with E-state index in [4.69, 9.17) is 16.3 Å². The molecule has 1 atom stereocenters. The molecular weight excluding hydrogens is 331 g/mol. The number of hydrogen-bond acceptors (Lipinski definition) is 2. The largest absolute Gasteiger partial charge is 0.444 e. The van der Waals surface area contributed by atoms with Gasteiger partial charge in [-0.1, -0.05) is 17.7 Å². The minimum absolute atomic E-state index is 0.0211. The van der Waals surface area contributed by atoms with E-state index >= 15 is 0 Å². The zero-order valence-corrected chi connectivity index (χ0v) is 14.0. The number of likely N-dealkylation sites (tertiary alicyclic amines) is 1. The fraction of sp³-hybridized carbons (Fsp3) is 0.562. The Morgan fingerprint density at radius 3 is 2.57 bits per heavy atom. The number of alkyl halides is 2. The lowest BCUT2D eigenvalue weighted by Crippen LogP contribution is -2.50. The molecule has 0 spiro atoms. The molecule has 7 heteroatoms. The van der Waals surface area contributed by atoms with Crippen molar-refractivity contribution in [3.05, 3.63) is 34.6 Å². The molecule has 1 aromatic carbocycles. The molecule has 0 aromatic heterocycles. The molecule has 2 rings (SSSR count). The number of ether oxygens (including phenoxy) is 1. The Kier molecular flexibility index (Phi) is 4.85. The molecule has 0 N–H and O–H groups in total. The number of halogens is 4. The van der Waals surface area contributed by atoms with E-state index in [1.165, 1.54) is 12.1 Å². The van der Waals surface area contributed by atoms with Crippen molar-refractivity contribution in [1.82, 2.24) is 4.90 Å². The first-order valence-corrected chi connectivity index (χ1v) is 7.68. The summed E-state index contributed by atoms with van der Waals surface area (Å²) in [6, 6.07) is 3.69. The molecule has 23 heavy (non-hydrogen) atoms. The number of carbonyl (C=O) groups excluding carboxylic acids is 1. The van der Waals surface area contributed by atoms with E-state index in [0.29, 0.717) is 0 Å². The Hall–Kier alpha value is -1.43. The number of amides is 1. The topological polar surface area (TPSA) is 29.5 Å². The molecule has 1 aromatic rings. The maximum atomic E-state index is 14.4. The van der Waals surface area contributed by atoms with E-state index in [2.05, 4.69) is 0 Å². The average molecular weight is 350 g/mol. The van der Waals surface area contributed by atoms with Gasteiger partial charge in [0.1, 0.15) is 11.4 Å². The molecule has 1 amide bonds. The third kappa shape index (κ3) is 4.31. The average Bonchev–Trinajstić information content (AvgIpc) is 2.39. The van der Waals surface area contributed by atoms with Crippen LogP contribution in [0, 0.1) is 5.82 Å². The Balaban J connectivity index is 2.14. The highest BCUT2D eigenvalue weighted by molar-refractivity contribution is 6.30. The number of carbonyl (C=O) groups is 1. The van der Waals surface area contributed by atoms with E-state index in [9.17, 15) is 18.0 Å². The second kappa shape index (κ2) is 6.23. The first-order valence-electron chi connectivity index (χ1n) is 7.30. The highest BCUT2D eigenvalue weighted by Crippen LogP contribution is 2.41. The minimum atomic E-state index is -3.17. The molecule has 1 saturated heterocycles. The smallest absolute Gasteiger partial charge is 0.410 e. The molecule has 1 heterocycles. The van der Waals surface area contributed by atoms with Gasteiger partial charge in [0, 0.05) is 6.54 Å². The molecule has 0 radical (unpaired) electrons. The second-order valence-electron chi connectivity index (χ2n) is 6.68. The lowest BCUT2D eigenvalue weighted by atomic mass is 9.86. The van der Waals surface area contributed by atoms with Crippen LogP contribution in [0.25, 0.3) is 0 Å². The van der Waals surface area contributed by atoms with Crippen LogP contribution in [0.5, 0.6) is 0 Å². The van der Waals surface area contributed by atoms with Crippen molar-refractivity contribution in [2.24, 2.45) is 0 Å². The fourth-order valence-electron chi connectivity index (χ4n) is 2.56. The normalized spacial score (nSPS) is 21.2. The first kappa shape index (κ1) is 17.9. The predicted octanol–water partition coefficient (Wildman–Crippen LogP) is 4.84. The Morgan fingerprint density at radius 1 is 1.39 bits per heavy atom. The lowest BCUT2D eigenvalue weighted by Gasteiger charge is -2.39. The van der Waals surface area contributed by atoms with E-state index in [1.807, 2.05) is 0 Å². The predicted molar refractivity (Wildman–Crippen MR) is 81.5 cm³/mol. The molecular formula is C16H19ClF3NO2. The summed E-state index contributed by atoms with van der Waals surface area (Å²) in [4.78, 5) is 12.9. The van der Waals surface area contributed by atoms with E-state index in [0.717, 1.165) is 11.0 Å². The highest BCUT2D eigenvalue weighted by atomic mass is 35.5. The van der Waals surface area contributed by atoms with Gasteiger partial charge >= 0.3 is 6.09 Å². The third-order valence-electron chi connectivity index (χ3n) is 3.60. The summed E-state index contributed by atoms with van der Waals surface area (Å²) in [5, 5.41) is -0.108. The SMILES string of the molecule is CC(C)(C)OC(=O)N1CCC(c2ccc(Cl)c(F)c2)C(F)(F)C1. The van der Waals surface area contributed by atoms with Crippen LogP contribution in [-0.2, 0) is 4.74 Å². The molecule has 1 aliphatic rings. The molecule has 3 nitrogen and oxygen atoms in total. The van der Waals surface area contributed by atoms with Crippen LogP contribution in [0.4, 0.5) is 18.0 Å². The highest BCUT2D eigenvalue weighted by Gasteiger charge is 2.47. The van der Waals surface area contributed by atoms with Crippen molar-refractivity contribution in [1.29, 1.82) is 0 Å². The van der Waals surface area contributed by atoms with Gasteiger partial charge in [0.25, 0.3) is 5.92 Å². The Morgan fingerprint density at radius 2 is 2.04 bits per heavy atom. The number of rotatable bonds is 1. The van der Waals surface area contributed by atoms with Gasteiger partial charge < -0.3 is 9.64 Å². The van der Waals surface area contributed by atoms with Gasteiger partial charge in [0.15, 0.2) is 0 Å². The molecule has 0 bridgehead atoms. The third-order valence-corrected chi connectivity index (χ3v) is 3.90. The van der Waals surface area contributed by atoms with E-state index in [1.54, 1.807) is 20.8 Å². The standard InChI is InChI=1S/C16H19ClF3NO2/c1-15(2,3)23-14(22)21-7-6-11(16(19,20)9-21)10-4-5-12(17)13(18)8-10/h4-5,8,11H,6-7,9H2,1-3H3. The summed E-state index contributed by atoms with van der Waals surface area (Å²) in [6.45, 7) is 4.39. The number of hydrogen-bond donors (Lipinski definition) is 0. The molecule has 1 aliphatic heterocycles. The van der Waals surface area contributed by atoms with Crippen LogP contribution in [-0.4, -0.2) is 35.6 Å². The summed E-state index contributed by atoms with van der Waals surface area (Å²) in [5.41, 5.74) is -0.566. The van der Waals surface area contributed by atoms with Gasteiger partial charge in [-0.25, -0.2) is 18.0 Å². The van der Waals surface area contributed by atoms with Gasteiger partial charge in [0.05, 0.1) is 17.5 Å². The summed E-state index contributed by atoms with van der Waals surface area (Å²) >= 11 is 5.58. The monoisotopic (exact) mass is 349 g/mol. The quantitative estimate of drug-likeness (QED) is 0.726. The summed E-state index contributed by atoms with van der Waals surface area (Å²) in [7, 11) is 0. The number of piperidine rings is 1. The van der Waals surface area contributed by atoms with Crippen molar-refractivity contribution in [2.45, 2.75) is 44.6 Å². The van der Waals surface area contributed by atoms with Gasteiger partial charge in [-0.3, -0.25) is 0 Å². The van der Waals surface area contributed by atoms with Crippen molar-refractivity contribution in [2.75, 3.05) is 13.1 Å². The molecule has 0 saturated carbocycles. The van der Waals surface area contributed by atoms with Crippen LogP contribution in [0.2, 0.25) is 5.02 Å². The molecule has 128 valence electrons. The van der Waals surface area contributed by atoms with Crippen molar-refractivity contribution >= 4 is 17.7 Å². The number of benzene rings is 1. The molecule has 1 fully saturated rings. The Bertz CT molecular complexity index is 601. The van der Waals surface area contributed by atoms with Crippen LogP contribution >= 0.6 is 11.6 Å². The van der Waals surface area contributed by atoms with Crippen LogP contribution in [0.1, 0.15) is 38.7 Å². The van der Waals surface area contributed by atoms with Crippen LogP contribution in [0.3, 0.4) is 0 Å². The molecule has 0 aliphatic carbocycles. The summed E-state index contributed by atoms with van der Waals surface area (Å²) < 4.78 is 47.5. The van der Waals surface area contributed by atoms with E-state index in [-0.39, 0.29) is 23.6 Å². The maximum Gasteiger partial charge on any atom is 0.410 e. The fourth-order valence-corrected chi connectivity index (χ4v) is 2.68. The van der Waals surface area contributed by atoms with Crippen molar-refractivity contribution in [3.8, 4) is 0 Å². The van der Waals surface area contributed by atoms with Gasteiger partial charge in [-0.2, -0.15) is 0 Å². The maximum absolute atomic E-state index is 14.4. The lowest BCUT2D eigenvalue weighted by molar-refractivity contribution is -0.0849. The summed E-state index contributed by atoms with van der Waals surface area (Å²) in [5.74, 6) is -5.06. The van der Waals surface area contributed by atoms with Gasteiger partial charge in [-0.05, 0) is 44.9 Å². The minimum Gasteiger partial charge on any atom is -0.444 e. The van der Waals surface area contributed by atoms with Crippen LogP contribution < -0.4 is 0 Å². The number of nitrogens with zero attached hydrogens (tertiary/aromatic N) is 1. The summed E-state index contributed by atoms with van der Waals surface area (Å²) in [6.07, 6.45) is -0.745. The van der Waals surface area contributed by atoms with Crippen molar-refractivity contribution in [3.63, 3.8) is 0 Å². The van der Waals surface area contributed by atoms with Crippen molar-refractivity contribution < 1.29 is 22.7 Å².